The van der Waals surface area contributed by atoms with Gasteiger partial charge in [0.25, 0.3) is 5.91 Å². The molecule has 0 spiro atoms. The van der Waals surface area contributed by atoms with Gasteiger partial charge in [-0.25, -0.2) is 4.98 Å². The fourth-order valence-electron chi connectivity index (χ4n) is 2.57. The van der Waals surface area contributed by atoms with Gasteiger partial charge in [0.2, 0.25) is 0 Å². The molecule has 0 N–H and O–H groups in total. The second-order valence-corrected chi connectivity index (χ2v) is 6.65. The second kappa shape index (κ2) is 7.87. The minimum Gasteiger partial charge on any atom is -0.382 e. The summed E-state index contributed by atoms with van der Waals surface area (Å²) in [7, 11) is 1.68. The SMILES string of the molecule is COCCOCC1CCN(C(=O)c2sc(C)nc2C)CC1. The van der Waals surface area contributed by atoms with Gasteiger partial charge in [0, 0.05) is 26.8 Å². The van der Waals surface area contributed by atoms with Gasteiger partial charge in [-0.2, -0.15) is 0 Å². The van der Waals surface area contributed by atoms with Crippen LogP contribution in [0.25, 0.3) is 0 Å². The zero-order chi connectivity index (χ0) is 15.2. The molecule has 1 amide bonds. The number of hydrogen-bond acceptors (Lipinski definition) is 5. The summed E-state index contributed by atoms with van der Waals surface area (Å²) in [6.45, 7) is 7.53. The highest BCUT2D eigenvalue weighted by Gasteiger charge is 2.26. The molecule has 6 heteroatoms. The predicted octanol–water partition coefficient (Wildman–Crippen LogP) is 2.28. The van der Waals surface area contributed by atoms with E-state index in [0.29, 0.717) is 19.1 Å². The van der Waals surface area contributed by atoms with E-state index in [1.54, 1.807) is 7.11 Å². The van der Waals surface area contributed by atoms with Crippen molar-refractivity contribution in [2.45, 2.75) is 26.7 Å². The lowest BCUT2D eigenvalue weighted by Gasteiger charge is -2.31. The molecule has 0 aliphatic carbocycles. The van der Waals surface area contributed by atoms with Crippen LogP contribution in [0.15, 0.2) is 0 Å². The van der Waals surface area contributed by atoms with Crippen molar-refractivity contribution in [2.24, 2.45) is 5.92 Å². The van der Waals surface area contributed by atoms with Crippen molar-refractivity contribution in [1.82, 2.24) is 9.88 Å². The third-order valence-corrected chi connectivity index (χ3v) is 4.85. The van der Waals surface area contributed by atoms with Gasteiger partial charge >= 0.3 is 0 Å². The van der Waals surface area contributed by atoms with Gasteiger partial charge < -0.3 is 14.4 Å². The topological polar surface area (TPSA) is 51.7 Å². The lowest BCUT2D eigenvalue weighted by atomic mass is 9.97. The molecule has 1 aliphatic rings. The molecule has 118 valence electrons. The molecule has 0 aromatic carbocycles. The van der Waals surface area contributed by atoms with Crippen LogP contribution in [0.5, 0.6) is 0 Å². The fraction of sp³-hybridized carbons (Fsp3) is 0.733. The maximum absolute atomic E-state index is 12.5. The Balaban J connectivity index is 1.78. The molecule has 1 aromatic heterocycles. The van der Waals surface area contributed by atoms with E-state index < -0.39 is 0 Å². The Labute approximate surface area is 130 Å². The molecular weight excluding hydrogens is 288 g/mol. The molecule has 1 saturated heterocycles. The Morgan fingerprint density at radius 2 is 2.05 bits per heavy atom. The first-order valence-corrected chi connectivity index (χ1v) is 8.23. The average Bonchev–Trinajstić information content (AvgIpc) is 2.82. The molecule has 0 radical (unpaired) electrons. The standard InChI is InChI=1S/C15H24N2O3S/c1-11-14(21-12(2)16-11)15(18)17-6-4-13(5-7-17)10-20-9-8-19-3/h13H,4-10H2,1-3H3. The number of methoxy groups -OCH3 is 1. The Hall–Kier alpha value is -0.980. The number of thiazole rings is 1. The zero-order valence-electron chi connectivity index (χ0n) is 13.1. The smallest absolute Gasteiger partial charge is 0.265 e. The highest BCUT2D eigenvalue weighted by atomic mass is 32.1. The van der Waals surface area contributed by atoms with Crippen LogP contribution in [0, 0.1) is 19.8 Å². The number of piperidine rings is 1. The average molecular weight is 312 g/mol. The van der Waals surface area contributed by atoms with Crippen molar-refractivity contribution in [3.63, 3.8) is 0 Å². The lowest BCUT2D eigenvalue weighted by Crippen LogP contribution is -2.39. The van der Waals surface area contributed by atoms with Crippen LogP contribution in [0.1, 0.15) is 33.2 Å². The summed E-state index contributed by atoms with van der Waals surface area (Å²) in [5, 5.41) is 0.956. The van der Waals surface area contributed by atoms with E-state index in [4.69, 9.17) is 9.47 Å². The van der Waals surface area contributed by atoms with E-state index in [9.17, 15) is 4.79 Å². The van der Waals surface area contributed by atoms with E-state index in [1.807, 2.05) is 18.7 Å². The summed E-state index contributed by atoms with van der Waals surface area (Å²) in [5.41, 5.74) is 0.854. The van der Waals surface area contributed by atoms with E-state index in [0.717, 1.165) is 48.1 Å². The molecule has 0 atom stereocenters. The van der Waals surface area contributed by atoms with Gasteiger partial charge in [0.05, 0.1) is 23.9 Å². The first-order valence-electron chi connectivity index (χ1n) is 7.41. The van der Waals surface area contributed by atoms with Crippen LogP contribution in [0.3, 0.4) is 0 Å². The van der Waals surface area contributed by atoms with Crippen molar-refractivity contribution in [3.05, 3.63) is 15.6 Å². The molecule has 1 aliphatic heterocycles. The third kappa shape index (κ3) is 4.49. The number of carbonyl (C=O) groups is 1. The van der Waals surface area contributed by atoms with Crippen LogP contribution in [0.4, 0.5) is 0 Å². The lowest BCUT2D eigenvalue weighted by molar-refractivity contribution is 0.0328. The Bertz CT molecular complexity index is 467. The summed E-state index contributed by atoms with van der Waals surface area (Å²) in [6, 6.07) is 0. The first-order chi connectivity index (χ1) is 10.1. The zero-order valence-corrected chi connectivity index (χ0v) is 13.9. The third-order valence-electron chi connectivity index (χ3n) is 3.78. The van der Waals surface area contributed by atoms with Crippen LogP contribution >= 0.6 is 11.3 Å². The Morgan fingerprint density at radius 3 is 2.62 bits per heavy atom. The molecule has 2 heterocycles. The summed E-state index contributed by atoms with van der Waals surface area (Å²) in [6.07, 6.45) is 2.02. The van der Waals surface area contributed by atoms with Crippen molar-refractivity contribution >= 4 is 17.2 Å². The highest BCUT2D eigenvalue weighted by molar-refractivity contribution is 7.13. The van der Waals surface area contributed by atoms with Gasteiger partial charge in [0.15, 0.2) is 0 Å². The number of nitrogens with zero attached hydrogens (tertiary/aromatic N) is 2. The summed E-state index contributed by atoms with van der Waals surface area (Å²) in [4.78, 5) is 19.6. The number of aryl methyl sites for hydroxylation is 2. The largest absolute Gasteiger partial charge is 0.382 e. The van der Waals surface area contributed by atoms with Crippen LogP contribution in [-0.4, -0.2) is 55.8 Å². The maximum atomic E-state index is 12.5. The highest BCUT2D eigenvalue weighted by Crippen LogP contribution is 2.23. The molecule has 0 unspecified atom stereocenters. The second-order valence-electron chi connectivity index (χ2n) is 5.45. The number of amides is 1. The number of rotatable bonds is 6. The fourth-order valence-corrected chi connectivity index (χ4v) is 3.46. The molecule has 0 bridgehead atoms. The van der Waals surface area contributed by atoms with E-state index in [2.05, 4.69) is 4.98 Å². The molecule has 0 saturated carbocycles. The van der Waals surface area contributed by atoms with Crippen molar-refractivity contribution in [1.29, 1.82) is 0 Å². The molecule has 2 rings (SSSR count). The number of ether oxygens (including phenoxy) is 2. The van der Waals surface area contributed by atoms with E-state index in [-0.39, 0.29) is 5.91 Å². The van der Waals surface area contributed by atoms with Crippen LogP contribution < -0.4 is 0 Å². The molecular formula is C15H24N2O3S. The van der Waals surface area contributed by atoms with Gasteiger partial charge in [-0.3, -0.25) is 4.79 Å². The van der Waals surface area contributed by atoms with Crippen LogP contribution in [0.2, 0.25) is 0 Å². The van der Waals surface area contributed by atoms with Gasteiger partial charge in [0.1, 0.15) is 4.88 Å². The van der Waals surface area contributed by atoms with E-state index in [1.165, 1.54) is 11.3 Å². The van der Waals surface area contributed by atoms with Gasteiger partial charge in [-0.15, -0.1) is 11.3 Å². The maximum Gasteiger partial charge on any atom is 0.265 e. The predicted molar refractivity (Wildman–Crippen MR) is 82.9 cm³/mol. The van der Waals surface area contributed by atoms with Crippen LogP contribution in [-0.2, 0) is 9.47 Å². The van der Waals surface area contributed by atoms with E-state index >= 15 is 0 Å². The van der Waals surface area contributed by atoms with Crippen molar-refractivity contribution in [2.75, 3.05) is 40.0 Å². The molecule has 1 aromatic rings. The summed E-state index contributed by atoms with van der Waals surface area (Å²) >= 11 is 1.50. The molecule has 21 heavy (non-hydrogen) atoms. The monoisotopic (exact) mass is 312 g/mol. The minimum absolute atomic E-state index is 0.136. The Kier molecular flexibility index (Phi) is 6.14. The normalized spacial score (nSPS) is 16.4. The number of carbonyl (C=O) groups excluding carboxylic acids is 1. The number of hydrogen-bond donors (Lipinski definition) is 0. The van der Waals surface area contributed by atoms with Gasteiger partial charge in [-0.1, -0.05) is 0 Å². The van der Waals surface area contributed by atoms with Gasteiger partial charge in [-0.05, 0) is 32.6 Å². The number of aromatic nitrogens is 1. The first kappa shape index (κ1) is 16.4. The quantitative estimate of drug-likeness (QED) is 0.756. The Morgan fingerprint density at radius 1 is 1.33 bits per heavy atom. The molecule has 5 nitrogen and oxygen atoms in total. The van der Waals surface area contributed by atoms with Crippen molar-refractivity contribution < 1.29 is 14.3 Å². The summed E-state index contributed by atoms with van der Waals surface area (Å²) in [5.74, 6) is 0.687. The minimum atomic E-state index is 0.136. The number of likely N-dealkylation sites (tertiary alicyclic amines) is 1. The van der Waals surface area contributed by atoms with Crippen molar-refractivity contribution in [3.8, 4) is 0 Å². The summed E-state index contributed by atoms with van der Waals surface area (Å²) < 4.78 is 10.5. The molecule has 1 fully saturated rings.